The highest BCUT2D eigenvalue weighted by atomic mass is 19.1. The molecule has 0 bridgehead atoms. The predicted octanol–water partition coefficient (Wildman–Crippen LogP) is 3.88. The molecule has 0 aliphatic carbocycles. The Morgan fingerprint density at radius 1 is 0.968 bits per heavy atom. The van der Waals surface area contributed by atoms with E-state index in [1.807, 2.05) is 32.0 Å². The molecular formula is C25H32FN3O2. The largest absolute Gasteiger partial charge is 0.350 e. The number of nitrogens with one attached hydrogen (secondary N) is 2. The summed E-state index contributed by atoms with van der Waals surface area (Å²) in [5, 5.41) is 5.65. The molecule has 1 heterocycles. The molecule has 6 heteroatoms. The van der Waals surface area contributed by atoms with Crippen molar-refractivity contribution in [2.45, 2.75) is 52.2 Å². The van der Waals surface area contributed by atoms with Crippen molar-refractivity contribution in [2.75, 3.05) is 13.1 Å². The van der Waals surface area contributed by atoms with Gasteiger partial charge in [-0.15, -0.1) is 0 Å². The Balaban J connectivity index is 1.63. The Morgan fingerprint density at radius 3 is 2.29 bits per heavy atom. The Hall–Kier alpha value is -2.73. The van der Waals surface area contributed by atoms with E-state index in [0.717, 1.165) is 25.2 Å². The Kier molecular flexibility index (Phi) is 8.18. The van der Waals surface area contributed by atoms with Crippen LogP contribution >= 0.6 is 0 Å². The maximum absolute atomic E-state index is 13.9. The highest BCUT2D eigenvalue weighted by molar-refractivity contribution is 5.97. The predicted molar refractivity (Wildman–Crippen MR) is 120 cm³/mol. The number of amides is 2. The van der Waals surface area contributed by atoms with Gasteiger partial charge in [-0.1, -0.05) is 56.7 Å². The molecule has 0 radical (unpaired) electrons. The van der Waals surface area contributed by atoms with Crippen LogP contribution in [0.4, 0.5) is 4.39 Å². The summed E-state index contributed by atoms with van der Waals surface area (Å²) in [5.41, 5.74) is 2.22. The van der Waals surface area contributed by atoms with Crippen LogP contribution in [0.3, 0.4) is 0 Å². The highest BCUT2D eigenvalue weighted by Gasteiger charge is 2.25. The zero-order chi connectivity index (χ0) is 22.2. The lowest BCUT2D eigenvalue weighted by molar-refractivity contribution is -0.124. The van der Waals surface area contributed by atoms with Gasteiger partial charge in [0.1, 0.15) is 11.9 Å². The molecule has 5 nitrogen and oxygen atoms in total. The fraction of sp³-hybridized carbons (Fsp3) is 0.440. The van der Waals surface area contributed by atoms with Crippen molar-refractivity contribution in [3.63, 3.8) is 0 Å². The van der Waals surface area contributed by atoms with E-state index in [1.165, 1.54) is 43.0 Å². The molecule has 2 N–H and O–H groups in total. The standard InChI is InChI=1S/C25H32FN3O2/c1-18(2)23(28-24(30)21-12-6-7-13-22(21)26)25(31)27-16-19-10-4-5-11-20(19)17-29-14-8-3-9-15-29/h4-7,10-13,18,23H,3,8-9,14-17H2,1-2H3,(H,27,31)(H,28,30)/t23-/m0/s1. The summed E-state index contributed by atoms with van der Waals surface area (Å²) in [6.45, 7) is 7.20. The molecule has 0 spiro atoms. The fourth-order valence-electron chi connectivity index (χ4n) is 3.93. The Morgan fingerprint density at radius 2 is 1.61 bits per heavy atom. The van der Waals surface area contributed by atoms with Crippen LogP contribution in [-0.2, 0) is 17.9 Å². The first-order chi connectivity index (χ1) is 15.0. The number of carbonyl (C=O) groups is 2. The highest BCUT2D eigenvalue weighted by Crippen LogP contribution is 2.16. The van der Waals surface area contributed by atoms with Crippen LogP contribution in [0.1, 0.15) is 54.6 Å². The molecule has 166 valence electrons. The molecule has 0 aromatic heterocycles. The molecule has 31 heavy (non-hydrogen) atoms. The number of rotatable bonds is 8. The van der Waals surface area contributed by atoms with Crippen LogP contribution in [-0.4, -0.2) is 35.8 Å². The molecule has 1 aliphatic heterocycles. The second-order valence-corrected chi connectivity index (χ2v) is 8.50. The summed E-state index contributed by atoms with van der Waals surface area (Å²) in [5.74, 6) is -1.60. The van der Waals surface area contributed by atoms with E-state index in [1.54, 1.807) is 6.07 Å². The normalized spacial score (nSPS) is 15.5. The van der Waals surface area contributed by atoms with Gasteiger partial charge in [-0.25, -0.2) is 4.39 Å². The molecule has 1 saturated heterocycles. The first-order valence-electron chi connectivity index (χ1n) is 11.1. The minimum absolute atomic E-state index is 0.0622. The summed E-state index contributed by atoms with van der Waals surface area (Å²) < 4.78 is 13.9. The lowest BCUT2D eigenvalue weighted by Gasteiger charge is -2.27. The van der Waals surface area contributed by atoms with Crippen molar-refractivity contribution < 1.29 is 14.0 Å². The number of benzene rings is 2. The van der Waals surface area contributed by atoms with E-state index in [-0.39, 0.29) is 17.4 Å². The smallest absolute Gasteiger partial charge is 0.254 e. The monoisotopic (exact) mass is 425 g/mol. The van der Waals surface area contributed by atoms with Crippen molar-refractivity contribution in [2.24, 2.45) is 5.92 Å². The summed E-state index contributed by atoms with van der Waals surface area (Å²) in [6, 6.07) is 13.2. The zero-order valence-corrected chi connectivity index (χ0v) is 18.4. The number of likely N-dealkylation sites (tertiary alicyclic amines) is 1. The molecule has 1 fully saturated rings. The van der Waals surface area contributed by atoms with Crippen LogP contribution in [0, 0.1) is 11.7 Å². The molecular weight excluding hydrogens is 393 g/mol. The average molecular weight is 426 g/mol. The zero-order valence-electron chi connectivity index (χ0n) is 18.4. The molecule has 2 aromatic carbocycles. The summed E-state index contributed by atoms with van der Waals surface area (Å²) in [4.78, 5) is 27.8. The SMILES string of the molecule is CC(C)[C@H](NC(=O)c1ccccc1F)C(=O)NCc1ccccc1CN1CCCCC1. The van der Waals surface area contributed by atoms with E-state index in [9.17, 15) is 14.0 Å². The second kappa shape index (κ2) is 11.0. The van der Waals surface area contributed by atoms with Gasteiger partial charge in [-0.2, -0.15) is 0 Å². The van der Waals surface area contributed by atoms with E-state index in [0.29, 0.717) is 6.54 Å². The number of piperidine rings is 1. The van der Waals surface area contributed by atoms with E-state index >= 15 is 0 Å². The van der Waals surface area contributed by atoms with Crippen molar-refractivity contribution >= 4 is 11.8 Å². The lowest BCUT2D eigenvalue weighted by atomic mass is 10.0. The number of hydrogen-bond acceptors (Lipinski definition) is 3. The first-order valence-corrected chi connectivity index (χ1v) is 11.1. The average Bonchev–Trinajstić information content (AvgIpc) is 2.77. The number of hydrogen-bond donors (Lipinski definition) is 2. The topological polar surface area (TPSA) is 61.4 Å². The maximum atomic E-state index is 13.9. The number of halogens is 1. The lowest BCUT2D eigenvalue weighted by Crippen LogP contribution is -2.49. The van der Waals surface area contributed by atoms with Gasteiger partial charge in [0.05, 0.1) is 5.56 Å². The molecule has 2 amide bonds. The third-order valence-electron chi connectivity index (χ3n) is 5.77. The van der Waals surface area contributed by atoms with Gasteiger partial charge < -0.3 is 10.6 Å². The van der Waals surface area contributed by atoms with Crippen LogP contribution in [0.15, 0.2) is 48.5 Å². The number of carbonyl (C=O) groups excluding carboxylic acids is 2. The molecule has 2 aromatic rings. The first kappa shape index (κ1) is 22.9. The summed E-state index contributed by atoms with van der Waals surface area (Å²) in [6.07, 6.45) is 3.76. The Labute approximate surface area is 184 Å². The van der Waals surface area contributed by atoms with E-state index in [2.05, 4.69) is 21.6 Å². The maximum Gasteiger partial charge on any atom is 0.254 e. The fourth-order valence-corrected chi connectivity index (χ4v) is 3.93. The van der Waals surface area contributed by atoms with Gasteiger partial charge in [0, 0.05) is 13.1 Å². The molecule has 1 atom stereocenters. The van der Waals surface area contributed by atoms with Crippen LogP contribution in [0.5, 0.6) is 0 Å². The van der Waals surface area contributed by atoms with Crippen LogP contribution in [0.25, 0.3) is 0 Å². The van der Waals surface area contributed by atoms with E-state index in [4.69, 9.17) is 0 Å². The number of nitrogens with zero attached hydrogens (tertiary/aromatic N) is 1. The third-order valence-corrected chi connectivity index (χ3v) is 5.77. The van der Waals surface area contributed by atoms with Gasteiger partial charge in [0.15, 0.2) is 0 Å². The Bertz CT molecular complexity index is 894. The van der Waals surface area contributed by atoms with Crippen molar-refractivity contribution in [1.82, 2.24) is 15.5 Å². The molecule has 3 rings (SSSR count). The molecule has 1 aliphatic rings. The quantitative estimate of drug-likeness (QED) is 0.675. The van der Waals surface area contributed by atoms with Gasteiger partial charge in [0.25, 0.3) is 5.91 Å². The minimum Gasteiger partial charge on any atom is -0.350 e. The van der Waals surface area contributed by atoms with Crippen molar-refractivity contribution in [3.8, 4) is 0 Å². The summed E-state index contributed by atoms with van der Waals surface area (Å²) in [7, 11) is 0. The summed E-state index contributed by atoms with van der Waals surface area (Å²) >= 11 is 0. The van der Waals surface area contributed by atoms with E-state index < -0.39 is 17.8 Å². The second-order valence-electron chi connectivity index (χ2n) is 8.50. The van der Waals surface area contributed by atoms with Crippen molar-refractivity contribution in [1.29, 1.82) is 0 Å². The third kappa shape index (κ3) is 6.37. The van der Waals surface area contributed by atoms with Gasteiger partial charge in [0.2, 0.25) is 5.91 Å². The minimum atomic E-state index is -0.749. The molecule has 0 saturated carbocycles. The van der Waals surface area contributed by atoms with Gasteiger partial charge >= 0.3 is 0 Å². The molecule has 0 unspecified atom stereocenters. The van der Waals surface area contributed by atoms with Crippen LogP contribution < -0.4 is 10.6 Å². The van der Waals surface area contributed by atoms with Gasteiger partial charge in [-0.05, 0) is 55.1 Å². The van der Waals surface area contributed by atoms with Gasteiger partial charge in [-0.3, -0.25) is 14.5 Å². The van der Waals surface area contributed by atoms with Crippen molar-refractivity contribution in [3.05, 3.63) is 71.0 Å². The van der Waals surface area contributed by atoms with Crippen LogP contribution in [0.2, 0.25) is 0 Å².